The Morgan fingerprint density at radius 1 is 1.14 bits per heavy atom. The summed E-state index contributed by atoms with van der Waals surface area (Å²) < 4.78 is 0. The first-order valence-electron chi connectivity index (χ1n) is 12.1. The quantitative estimate of drug-likeness (QED) is 0.324. The van der Waals surface area contributed by atoms with Crippen LogP contribution < -0.4 is 11.1 Å². The van der Waals surface area contributed by atoms with E-state index in [0.29, 0.717) is 30.6 Å². The van der Waals surface area contributed by atoms with Crippen LogP contribution in [-0.2, 0) is 6.61 Å². The molecule has 3 heterocycles. The van der Waals surface area contributed by atoms with Gasteiger partial charge in [-0.2, -0.15) is 5.10 Å². The third kappa shape index (κ3) is 4.94. The van der Waals surface area contributed by atoms with E-state index in [9.17, 15) is 14.7 Å². The lowest BCUT2D eigenvalue weighted by Gasteiger charge is -2.18. The van der Waals surface area contributed by atoms with Crippen molar-refractivity contribution in [2.24, 2.45) is 0 Å². The van der Waals surface area contributed by atoms with Gasteiger partial charge in [0.2, 0.25) is 0 Å². The van der Waals surface area contributed by atoms with Crippen molar-refractivity contribution in [1.82, 2.24) is 25.4 Å². The maximum absolute atomic E-state index is 13.1. The molecule has 4 aromatic rings. The van der Waals surface area contributed by atoms with Gasteiger partial charge in [-0.05, 0) is 48.2 Å². The number of nitrogens with zero attached hydrogens (tertiary/aromatic N) is 3. The number of nitrogen functional groups attached to an aromatic ring is 1. The molecule has 9 nitrogen and oxygen atoms in total. The van der Waals surface area contributed by atoms with Crippen LogP contribution in [0.3, 0.4) is 0 Å². The monoisotopic (exact) mass is 496 g/mol. The summed E-state index contributed by atoms with van der Waals surface area (Å²) in [5.74, 6) is -0.257. The molecule has 5 rings (SSSR count). The van der Waals surface area contributed by atoms with E-state index in [1.54, 1.807) is 35.5 Å². The number of aromatic nitrogens is 3. The molecular weight excluding hydrogens is 468 g/mol. The maximum atomic E-state index is 13.1. The van der Waals surface area contributed by atoms with Gasteiger partial charge in [-0.3, -0.25) is 14.7 Å². The van der Waals surface area contributed by atoms with Crippen LogP contribution in [0.15, 0.2) is 67.0 Å². The topological polar surface area (TPSA) is 137 Å². The summed E-state index contributed by atoms with van der Waals surface area (Å²) in [6.45, 7) is 2.77. The molecule has 0 spiro atoms. The van der Waals surface area contributed by atoms with E-state index in [-0.39, 0.29) is 30.3 Å². The van der Waals surface area contributed by atoms with Crippen LogP contribution in [0.1, 0.15) is 38.4 Å². The number of rotatable bonds is 6. The molecule has 0 aliphatic carbocycles. The standard InChI is InChI=1S/C28H28N6O3/c1-17-25(14-31-33-17)21-12-24(26(29)30-13-21)27(36)32-22-10-11-34(15-22)28(37)19-8-6-18(7-9-19)23-5-3-2-4-20(23)16-35/h2-9,12-14,22,35H,10-11,15-16H2,1H3,(H2,29,30)(H,31,33)(H,32,36)/t22-/m1/s1. The summed E-state index contributed by atoms with van der Waals surface area (Å²) in [6, 6.07) is 16.5. The van der Waals surface area contributed by atoms with Gasteiger partial charge in [0.05, 0.1) is 17.9 Å². The molecule has 0 bridgehead atoms. The maximum Gasteiger partial charge on any atom is 0.255 e. The molecule has 1 atom stereocenters. The lowest BCUT2D eigenvalue weighted by atomic mass is 9.99. The number of likely N-dealkylation sites (tertiary alicyclic amines) is 1. The molecule has 37 heavy (non-hydrogen) atoms. The first-order valence-corrected chi connectivity index (χ1v) is 12.1. The number of pyridine rings is 1. The number of anilines is 1. The molecule has 0 radical (unpaired) electrons. The Hall–Kier alpha value is -4.50. The summed E-state index contributed by atoms with van der Waals surface area (Å²) in [5.41, 5.74) is 12.0. The van der Waals surface area contributed by atoms with Crippen molar-refractivity contribution in [1.29, 1.82) is 0 Å². The summed E-state index contributed by atoms with van der Waals surface area (Å²) >= 11 is 0. The van der Waals surface area contributed by atoms with Crippen molar-refractivity contribution < 1.29 is 14.7 Å². The van der Waals surface area contributed by atoms with Gasteiger partial charge in [0.15, 0.2) is 0 Å². The van der Waals surface area contributed by atoms with Gasteiger partial charge in [-0.25, -0.2) is 4.98 Å². The number of hydrogen-bond donors (Lipinski definition) is 4. The van der Waals surface area contributed by atoms with Crippen molar-refractivity contribution in [2.45, 2.75) is 26.0 Å². The molecular formula is C28H28N6O3. The number of nitrogens with one attached hydrogen (secondary N) is 2. The Balaban J connectivity index is 1.24. The van der Waals surface area contributed by atoms with Crippen molar-refractivity contribution in [3.05, 3.63) is 89.4 Å². The minimum atomic E-state index is -0.320. The van der Waals surface area contributed by atoms with Crippen molar-refractivity contribution >= 4 is 17.6 Å². The van der Waals surface area contributed by atoms with Crippen LogP contribution in [0.2, 0.25) is 0 Å². The summed E-state index contributed by atoms with van der Waals surface area (Å²) in [7, 11) is 0. The number of carbonyl (C=O) groups excluding carboxylic acids is 2. The van der Waals surface area contributed by atoms with Crippen LogP contribution in [0.25, 0.3) is 22.3 Å². The highest BCUT2D eigenvalue weighted by molar-refractivity contribution is 6.00. The van der Waals surface area contributed by atoms with Gasteiger partial charge < -0.3 is 21.1 Å². The fourth-order valence-electron chi connectivity index (χ4n) is 4.70. The second-order valence-electron chi connectivity index (χ2n) is 9.14. The first kappa shape index (κ1) is 24.2. The lowest BCUT2D eigenvalue weighted by molar-refractivity contribution is 0.0783. The molecule has 1 aliphatic heterocycles. The Labute approximate surface area is 214 Å². The van der Waals surface area contributed by atoms with E-state index in [0.717, 1.165) is 33.5 Å². The van der Waals surface area contributed by atoms with Gasteiger partial charge in [-0.15, -0.1) is 0 Å². The lowest BCUT2D eigenvalue weighted by Crippen LogP contribution is -2.38. The largest absolute Gasteiger partial charge is 0.392 e. The van der Waals surface area contributed by atoms with E-state index < -0.39 is 0 Å². The van der Waals surface area contributed by atoms with Gasteiger partial charge in [-0.1, -0.05) is 36.4 Å². The number of benzene rings is 2. The van der Waals surface area contributed by atoms with Gasteiger partial charge in [0, 0.05) is 48.2 Å². The van der Waals surface area contributed by atoms with Crippen LogP contribution in [0, 0.1) is 6.92 Å². The van der Waals surface area contributed by atoms with Gasteiger partial charge >= 0.3 is 0 Å². The number of aryl methyl sites for hydroxylation is 1. The van der Waals surface area contributed by atoms with Crippen LogP contribution in [0.5, 0.6) is 0 Å². The SMILES string of the molecule is Cc1n[nH]cc1-c1cnc(N)c(C(=O)N[C@@H]2CCN(C(=O)c3ccc(-c4ccccc4CO)cc3)C2)c1. The highest BCUT2D eigenvalue weighted by atomic mass is 16.3. The fourth-order valence-corrected chi connectivity index (χ4v) is 4.70. The Morgan fingerprint density at radius 3 is 2.65 bits per heavy atom. The molecule has 2 aromatic heterocycles. The number of aliphatic hydroxyl groups excluding tert-OH is 1. The Morgan fingerprint density at radius 2 is 1.92 bits per heavy atom. The molecule has 0 saturated carbocycles. The molecule has 5 N–H and O–H groups in total. The van der Waals surface area contributed by atoms with Crippen LogP contribution in [-0.4, -0.2) is 56.1 Å². The second-order valence-corrected chi connectivity index (χ2v) is 9.14. The molecule has 1 saturated heterocycles. The first-order chi connectivity index (χ1) is 17.9. The van der Waals surface area contributed by atoms with E-state index >= 15 is 0 Å². The molecule has 0 unspecified atom stereocenters. The third-order valence-corrected chi connectivity index (χ3v) is 6.75. The van der Waals surface area contributed by atoms with Crippen molar-refractivity contribution in [3.63, 3.8) is 0 Å². The number of hydrogen-bond acceptors (Lipinski definition) is 6. The molecule has 188 valence electrons. The van der Waals surface area contributed by atoms with Crippen LogP contribution >= 0.6 is 0 Å². The molecule has 1 fully saturated rings. The van der Waals surface area contributed by atoms with Gasteiger partial charge in [0.25, 0.3) is 11.8 Å². The van der Waals surface area contributed by atoms with E-state index in [1.807, 2.05) is 43.3 Å². The fraction of sp³-hybridized carbons (Fsp3) is 0.214. The second kappa shape index (κ2) is 10.2. The summed E-state index contributed by atoms with van der Waals surface area (Å²) in [6.07, 6.45) is 4.02. The normalized spacial score (nSPS) is 15.1. The zero-order valence-electron chi connectivity index (χ0n) is 20.4. The smallest absolute Gasteiger partial charge is 0.255 e. The number of aliphatic hydroxyl groups is 1. The Kier molecular flexibility index (Phi) is 6.70. The number of amides is 2. The van der Waals surface area contributed by atoms with E-state index in [1.165, 1.54) is 0 Å². The summed E-state index contributed by atoms with van der Waals surface area (Å²) in [5, 5.41) is 19.5. The van der Waals surface area contributed by atoms with Gasteiger partial charge in [0.1, 0.15) is 5.82 Å². The minimum Gasteiger partial charge on any atom is -0.392 e. The molecule has 2 aromatic carbocycles. The molecule has 2 amide bonds. The zero-order valence-corrected chi connectivity index (χ0v) is 20.4. The third-order valence-electron chi connectivity index (χ3n) is 6.75. The highest BCUT2D eigenvalue weighted by Gasteiger charge is 2.29. The predicted octanol–water partition coefficient (Wildman–Crippen LogP) is 3.17. The predicted molar refractivity (Wildman–Crippen MR) is 141 cm³/mol. The van der Waals surface area contributed by atoms with Crippen molar-refractivity contribution in [2.75, 3.05) is 18.8 Å². The number of aromatic amines is 1. The highest BCUT2D eigenvalue weighted by Crippen LogP contribution is 2.26. The molecule has 1 aliphatic rings. The zero-order chi connectivity index (χ0) is 25.9. The van der Waals surface area contributed by atoms with Crippen molar-refractivity contribution in [3.8, 4) is 22.3 Å². The van der Waals surface area contributed by atoms with Crippen LogP contribution in [0.4, 0.5) is 5.82 Å². The number of nitrogens with two attached hydrogens (primary N) is 1. The number of H-pyrrole nitrogens is 1. The minimum absolute atomic E-state index is 0.0489. The average molecular weight is 497 g/mol. The van der Waals surface area contributed by atoms with E-state index in [2.05, 4.69) is 20.5 Å². The Bertz CT molecular complexity index is 1450. The molecule has 9 heteroatoms. The number of carbonyl (C=O) groups is 2. The average Bonchev–Trinajstić information content (AvgIpc) is 3.57. The summed E-state index contributed by atoms with van der Waals surface area (Å²) in [4.78, 5) is 32.1. The van der Waals surface area contributed by atoms with E-state index in [4.69, 9.17) is 5.73 Å².